The molecule has 0 saturated carbocycles. The lowest BCUT2D eigenvalue weighted by atomic mass is 10.1. The maximum atomic E-state index is 13.9. The summed E-state index contributed by atoms with van der Waals surface area (Å²) in [4.78, 5) is 16.4. The van der Waals surface area contributed by atoms with Crippen molar-refractivity contribution in [2.75, 3.05) is 7.11 Å². The topological polar surface area (TPSA) is 51.2 Å². The molecule has 3 rings (SSSR count). The number of rotatable bonds is 4. The number of amides is 1. The van der Waals surface area contributed by atoms with E-state index >= 15 is 0 Å². The molecule has 0 bridgehead atoms. The summed E-state index contributed by atoms with van der Waals surface area (Å²) in [5, 5.41) is 3.60. The fraction of sp³-hybridized carbons (Fsp3) is 0.111. The number of aromatic nitrogens is 1. The number of nitrogens with one attached hydrogen (secondary N) is 1. The summed E-state index contributed by atoms with van der Waals surface area (Å²) in [6, 6.07) is 13.5. The highest BCUT2D eigenvalue weighted by Gasteiger charge is 2.09. The largest absolute Gasteiger partial charge is 0.497 e. The van der Waals surface area contributed by atoms with E-state index in [0.717, 1.165) is 10.9 Å². The lowest BCUT2D eigenvalue weighted by Crippen LogP contribution is -2.23. The molecular weight excluding hydrogens is 295 g/mol. The Bertz CT molecular complexity index is 865. The van der Waals surface area contributed by atoms with Crippen LogP contribution >= 0.6 is 0 Å². The van der Waals surface area contributed by atoms with Crippen molar-refractivity contribution in [2.45, 2.75) is 6.54 Å². The molecule has 0 aliphatic heterocycles. The molecule has 0 aliphatic rings. The minimum Gasteiger partial charge on any atom is -0.497 e. The van der Waals surface area contributed by atoms with Gasteiger partial charge in [-0.3, -0.25) is 9.78 Å². The van der Waals surface area contributed by atoms with Crippen LogP contribution in [0.25, 0.3) is 10.9 Å². The van der Waals surface area contributed by atoms with Gasteiger partial charge in [-0.25, -0.2) is 4.39 Å². The lowest BCUT2D eigenvalue weighted by molar-refractivity contribution is 0.0950. The minimum absolute atomic E-state index is 0.111. The summed E-state index contributed by atoms with van der Waals surface area (Å²) in [5.74, 6) is -0.224. The Hall–Kier alpha value is -2.95. The third-order valence-electron chi connectivity index (χ3n) is 3.56. The third kappa shape index (κ3) is 3.29. The van der Waals surface area contributed by atoms with E-state index in [4.69, 9.17) is 4.74 Å². The second-order valence-electron chi connectivity index (χ2n) is 5.05. The molecule has 116 valence electrons. The fourth-order valence-electron chi connectivity index (χ4n) is 2.29. The molecule has 0 aliphatic carbocycles. The number of benzene rings is 2. The number of methoxy groups -OCH3 is 1. The van der Waals surface area contributed by atoms with E-state index in [0.29, 0.717) is 16.9 Å². The number of nitrogens with zero attached hydrogens (tertiary/aromatic N) is 1. The summed E-state index contributed by atoms with van der Waals surface area (Å²) >= 11 is 0. The molecule has 3 aromatic rings. The van der Waals surface area contributed by atoms with Gasteiger partial charge in [-0.1, -0.05) is 12.1 Å². The Kier molecular flexibility index (Phi) is 4.19. The molecule has 1 amide bonds. The van der Waals surface area contributed by atoms with E-state index in [9.17, 15) is 9.18 Å². The SMILES string of the molecule is COc1ccc(CNC(=O)c2ccc3ncccc3c2)c(F)c1. The normalized spacial score (nSPS) is 10.5. The Morgan fingerprint density at radius 3 is 2.87 bits per heavy atom. The zero-order valence-electron chi connectivity index (χ0n) is 12.5. The van der Waals surface area contributed by atoms with Crippen molar-refractivity contribution in [3.63, 3.8) is 0 Å². The highest BCUT2D eigenvalue weighted by Crippen LogP contribution is 2.17. The Balaban J connectivity index is 1.73. The Morgan fingerprint density at radius 2 is 2.09 bits per heavy atom. The van der Waals surface area contributed by atoms with Gasteiger partial charge in [-0.15, -0.1) is 0 Å². The van der Waals surface area contributed by atoms with Crippen LogP contribution in [0.15, 0.2) is 54.7 Å². The van der Waals surface area contributed by atoms with Crippen LogP contribution in [0, 0.1) is 5.82 Å². The zero-order chi connectivity index (χ0) is 16.2. The molecular formula is C18H15FN2O2. The average Bonchev–Trinajstić information content (AvgIpc) is 2.59. The van der Waals surface area contributed by atoms with Gasteiger partial charge in [0.05, 0.1) is 12.6 Å². The summed E-state index contributed by atoms with van der Waals surface area (Å²) < 4.78 is 18.8. The summed E-state index contributed by atoms with van der Waals surface area (Å²) in [6.07, 6.45) is 1.70. The van der Waals surface area contributed by atoms with Crippen molar-refractivity contribution in [3.8, 4) is 5.75 Å². The quantitative estimate of drug-likeness (QED) is 0.804. The number of pyridine rings is 1. The van der Waals surface area contributed by atoms with Crippen molar-refractivity contribution in [2.24, 2.45) is 0 Å². The molecule has 2 aromatic carbocycles. The summed E-state index contributed by atoms with van der Waals surface area (Å²) in [6.45, 7) is 0.111. The molecule has 0 saturated heterocycles. The van der Waals surface area contributed by atoms with Gasteiger partial charge in [0.1, 0.15) is 11.6 Å². The lowest BCUT2D eigenvalue weighted by Gasteiger charge is -2.08. The average molecular weight is 310 g/mol. The molecule has 23 heavy (non-hydrogen) atoms. The van der Waals surface area contributed by atoms with Gasteiger partial charge >= 0.3 is 0 Å². The van der Waals surface area contributed by atoms with E-state index < -0.39 is 5.82 Å². The van der Waals surface area contributed by atoms with Crippen LogP contribution in [0.5, 0.6) is 5.75 Å². The molecule has 0 unspecified atom stereocenters. The number of ether oxygens (including phenoxy) is 1. The van der Waals surface area contributed by atoms with E-state index in [1.807, 2.05) is 12.1 Å². The van der Waals surface area contributed by atoms with Gasteiger partial charge in [0.15, 0.2) is 0 Å². The number of hydrogen-bond donors (Lipinski definition) is 1. The van der Waals surface area contributed by atoms with Crippen LogP contribution in [0.1, 0.15) is 15.9 Å². The van der Waals surface area contributed by atoms with E-state index in [1.165, 1.54) is 13.2 Å². The molecule has 0 spiro atoms. The molecule has 1 N–H and O–H groups in total. The number of fused-ring (bicyclic) bond motifs is 1. The van der Waals surface area contributed by atoms with Crippen molar-refractivity contribution < 1.29 is 13.9 Å². The van der Waals surface area contributed by atoms with Crippen LogP contribution in [-0.2, 0) is 6.54 Å². The Morgan fingerprint density at radius 1 is 1.22 bits per heavy atom. The van der Waals surface area contributed by atoms with Crippen molar-refractivity contribution >= 4 is 16.8 Å². The second kappa shape index (κ2) is 6.44. The van der Waals surface area contributed by atoms with E-state index in [1.54, 1.807) is 36.5 Å². The fourth-order valence-corrected chi connectivity index (χ4v) is 2.29. The summed E-state index contributed by atoms with van der Waals surface area (Å²) in [5.41, 5.74) is 1.74. The predicted octanol–water partition coefficient (Wildman–Crippen LogP) is 3.31. The van der Waals surface area contributed by atoms with Gasteiger partial charge in [0.2, 0.25) is 0 Å². The van der Waals surface area contributed by atoms with Crippen LogP contribution in [0.3, 0.4) is 0 Å². The van der Waals surface area contributed by atoms with Crippen LogP contribution in [0.4, 0.5) is 4.39 Å². The number of halogens is 1. The van der Waals surface area contributed by atoms with Gasteiger partial charge in [-0.05, 0) is 30.3 Å². The highest BCUT2D eigenvalue weighted by molar-refractivity contribution is 5.97. The third-order valence-corrected chi connectivity index (χ3v) is 3.56. The van der Waals surface area contributed by atoms with Gasteiger partial charge < -0.3 is 10.1 Å². The molecule has 5 heteroatoms. The van der Waals surface area contributed by atoms with Crippen molar-refractivity contribution in [1.82, 2.24) is 10.3 Å². The Labute approximate surface area is 132 Å². The predicted molar refractivity (Wildman–Crippen MR) is 85.9 cm³/mol. The van der Waals surface area contributed by atoms with Crippen molar-refractivity contribution in [3.05, 3.63) is 71.7 Å². The first-order chi connectivity index (χ1) is 11.2. The standard InChI is InChI=1S/C18H15FN2O2/c1-23-15-6-4-14(16(19)10-15)11-21-18(22)13-5-7-17-12(9-13)3-2-8-20-17/h2-10H,11H2,1H3,(H,21,22). The first-order valence-corrected chi connectivity index (χ1v) is 7.13. The molecule has 4 nitrogen and oxygen atoms in total. The molecule has 1 aromatic heterocycles. The molecule has 0 fully saturated rings. The molecule has 1 heterocycles. The highest BCUT2D eigenvalue weighted by atomic mass is 19.1. The number of hydrogen-bond acceptors (Lipinski definition) is 3. The van der Waals surface area contributed by atoms with Crippen LogP contribution in [-0.4, -0.2) is 18.0 Å². The maximum Gasteiger partial charge on any atom is 0.251 e. The first-order valence-electron chi connectivity index (χ1n) is 7.13. The molecule has 0 radical (unpaired) electrons. The zero-order valence-corrected chi connectivity index (χ0v) is 12.5. The maximum absolute atomic E-state index is 13.9. The smallest absolute Gasteiger partial charge is 0.251 e. The molecule has 0 atom stereocenters. The first kappa shape index (κ1) is 15.0. The van der Waals surface area contributed by atoms with Gasteiger partial charge in [0.25, 0.3) is 5.91 Å². The second-order valence-corrected chi connectivity index (χ2v) is 5.05. The van der Waals surface area contributed by atoms with Gasteiger partial charge in [-0.2, -0.15) is 0 Å². The number of carbonyl (C=O) groups excluding carboxylic acids is 1. The minimum atomic E-state index is -0.410. The van der Waals surface area contributed by atoms with E-state index in [2.05, 4.69) is 10.3 Å². The van der Waals surface area contributed by atoms with Crippen molar-refractivity contribution in [1.29, 1.82) is 0 Å². The van der Waals surface area contributed by atoms with Crippen LogP contribution in [0.2, 0.25) is 0 Å². The van der Waals surface area contributed by atoms with E-state index in [-0.39, 0.29) is 12.5 Å². The van der Waals surface area contributed by atoms with Gasteiger partial charge in [0, 0.05) is 35.3 Å². The van der Waals surface area contributed by atoms with Crippen LogP contribution < -0.4 is 10.1 Å². The number of carbonyl (C=O) groups is 1. The monoisotopic (exact) mass is 310 g/mol. The summed E-state index contributed by atoms with van der Waals surface area (Å²) in [7, 11) is 1.48.